The second kappa shape index (κ2) is 9.91. The highest BCUT2D eigenvalue weighted by atomic mass is 32.2. The van der Waals surface area contributed by atoms with Crippen molar-refractivity contribution < 1.29 is 13.2 Å². The Labute approximate surface area is 154 Å². The first-order chi connectivity index (χ1) is 12.5. The zero-order valence-electron chi connectivity index (χ0n) is 14.7. The van der Waals surface area contributed by atoms with Crippen molar-refractivity contribution in [3.63, 3.8) is 0 Å². The van der Waals surface area contributed by atoms with Gasteiger partial charge in [0.15, 0.2) is 5.96 Å². The monoisotopic (exact) mass is 376 g/mol. The van der Waals surface area contributed by atoms with Gasteiger partial charge in [-0.15, -0.1) is 0 Å². The molecule has 0 heterocycles. The van der Waals surface area contributed by atoms with Crippen LogP contribution in [0.3, 0.4) is 0 Å². The Morgan fingerprint density at radius 2 is 1.81 bits per heavy atom. The number of nitrogens with zero attached hydrogens (tertiary/aromatic N) is 1. The van der Waals surface area contributed by atoms with Gasteiger partial charge in [0.25, 0.3) is 0 Å². The van der Waals surface area contributed by atoms with Crippen molar-refractivity contribution in [2.45, 2.75) is 13.2 Å². The molecular weight excluding hydrogens is 352 g/mol. The van der Waals surface area contributed by atoms with Crippen molar-refractivity contribution in [3.05, 3.63) is 65.7 Å². The number of rotatable bonds is 9. The fourth-order valence-corrected chi connectivity index (χ4v) is 3.11. The first kappa shape index (κ1) is 19.9. The molecule has 140 valence electrons. The lowest BCUT2D eigenvalue weighted by atomic mass is 10.2. The minimum atomic E-state index is -3.43. The van der Waals surface area contributed by atoms with Crippen LogP contribution in [0.5, 0.6) is 0 Å². The van der Waals surface area contributed by atoms with E-state index in [4.69, 9.17) is 10.5 Å². The van der Waals surface area contributed by atoms with Crippen molar-refractivity contribution in [3.8, 4) is 0 Å². The van der Waals surface area contributed by atoms with Crippen LogP contribution in [0.25, 0.3) is 0 Å². The van der Waals surface area contributed by atoms with E-state index in [1.165, 1.54) is 0 Å². The second-order valence-corrected chi connectivity index (χ2v) is 7.53. The van der Waals surface area contributed by atoms with Gasteiger partial charge in [0.1, 0.15) is 0 Å². The summed E-state index contributed by atoms with van der Waals surface area (Å²) in [7, 11) is -1.81. The molecule has 0 aliphatic rings. The third-order valence-corrected chi connectivity index (χ3v) is 4.87. The Kier molecular flexibility index (Phi) is 7.58. The van der Waals surface area contributed by atoms with Crippen LogP contribution in [-0.4, -0.2) is 33.8 Å². The molecule has 0 unspecified atom stereocenters. The molecule has 2 aromatic rings. The standard InChI is InChI=1S/C18H24N4O3S/c1-25-14-16-9-5-6-10-17(16)22-18(19)20-11-12-26(23,24)21-13-15-7-3-2-4-8-15/h2-10,21H,11-14H2,1H3,(H3,19,20,22). The SMILES string of the molecule is COCc1ccccc1NC(N)=NCCS(=O)(=O)NCc1ccccc1. The fourth-order valence-electron chi connectivity index (χ4n) is 2.25. The normalized spacial score (nSPS) is 12.1. The Morgan fingerprint density at radius 1 is 1.12 bits per heavy atom. The second-order valence-electron chi connectivity index (χ2n) is 5.61. The minimum absolute atomic E-state index is 0.0649. The van der Waals surface area contributed by atoms with Crippen molar-refractivity contribution >= 4 is 21.7 Å². The van der Waals surface area contributed by atoms with E-state index in [1.54, 1.807) is 7.11 Å². The van der Waals surface area contributed by atoms with E-state index in [9.17, 15) is 8.42 Å². The van der Waals surface area contributed by atoms with Gasteiger partial charge in [-0.25, -0.2) is 13.1 Å². The molecular formula is C18H24N4O3S. The van der Waals surface area contributed by atoms with Gasteiger partial charge in [-0.3, -0.25) is 4.99 Å². The number of methoxy groups -OCH3 is 1. The molecule has 0 atom stereocenters. The van der Waals surface area contributed by atoms with Gasteiger partial charge in [0.05, 0.1) is 18.9 Å². The van der Waals surface area contributed by atoms with E-state index in [2.05, 4.69) is 15.0 Å². The number of para-hydroxylation sites is 1. The molecule has 7 nitrogen and oxygen atoms in total. The lowest BCUT2D eigenvalue weighted by molar-refractivity contribution is 0.185. The van der Waals surface area contributed by atoms with Crippen LogP contribution in [0.2, 0.25) is 0 Å². The zero-order valence-corrected chi connectivity index (χ0v) is 15.5. The molecule has 0 aromatic heterocycles. The number of aliphatic imine (C=N–C) groups is 1. The fraction of sp³-hybridized carbons (Fsp3) is 0.278. The molecule has 0 bridgehead atoms. The molecule has 0 aliphatic carbocycles. The highest BCUT2D eigenvalue weighted by Crippen LogP contribution is 2.15. The molecule has 2 aromatic carbocycles. The molecule has 0 saturated carbocycles. The zero-order chi connectivity index (χ0) is 18.8. The topological polar surface area (TPSA) is 106 Å². The van der Waals surface area contributed by atoms with E-state index < -0.39 is 10.0 Å². The largest absolute Gasteiger partial charge is 0.380 e. The molecule has 26 heavy (non-hydrogen) atoms. The Bertz CT molecular complexity index is 823. The van der Waals surface area contributed by atoms with Crippen molar-refractivity contribution in [1.29, 1.82) is 0 Å². The molecule has 0 fully saturated rings. The number of benzene rings is 2. The Morgan fingerprint density at radius 3 is 2.54 bits per heavy atom. The van der Waals surface area contributed by atoms with Crippen LogP contribution in [0.4, 0.5) is 5.69 Å². The number of hydrogen-bond acceptors (Lipinski definition) is 4. The minimum Gasteiger partial charge on any atom is -0.380 e. The average molecular weight is 376 g/mol. The van der Waals surface area contributed by atoms with Crippen LogP contribution in [-0.2, 0) is 27.9 Å². The summed E-state index contributed by atoms with van der Waals surface area (Å²) in [5, 5.41) is 2.97. The lowest BCUT2D eigenvalue weighted by Crippen LogP contribution is -2.29. The van der Waals surface area contributed by atoms with Crippen LogP contribution >= 0.6 is 0 Å². The molecule has 2 rings (SSSR count). The van der Waals surface area contributed by atoms with E-state index in [-0.39, 0.29) is 24.8 Å². The van der Waals surface area contributed by atoms with Gasteiger partial charge < -0.3 is 15.8 Å². The number of anilines is 1. The van der Waals surface area contributed by atoms with Crippen LogP contribution in [0, 0.1) is 0 Å². The first-order valence-electron chi connectivity index (χ1n) is 8.15. The number of guanidine groups is 1. The molecule has 0 saturated heterocycles. The quantitative estimate of drug-likeness (QED) is 0.456. The summed E-state index contributed by atoms with van der Waals surface area (Å²) in [5.41, 5.74) is 8.46. The molecule has 0 radical (unpaired) electrons. The van der Waals surface area contributed by atoms with Gasteiger partial charge >= 0.3 is 0 Å². The molecule has 4 N–H and O–H groups in total. The number of sulfonamides is 1. The average Bonchev–Trinajstić information content (AvgIpc) is 2.63. The maximum absolute atomic E-state index is 12.0. The maximum Gasteiger partial charge on any atom is 0.213 e. The van der Waals surface area contributed by atoms with Crippen LogP contribution in [0.1, 0.15) is 11.1 Å². The number of ether oxygens (including phenoxy) is 1. The lowest BCUT2D eigenvalue weighted by Gasteiger charge is -2.11. The van der Waals surface area contributed by atoms with E-state index in [0.29, 0.717) is 6.61 Å². The molecule has 8 heteroatoms. The highest BCUT2D eigenvalue weighted by Gasteiger charge is 2.09. The number of hydrogen-bond donors (Lipinski definition) is 3. The van der Waals surface area contributed by atoms with Crippen molar-refractivity contribution in [2.75, 3.05) is 24.7 Å². The third kappa shape index (κ3) is 6.83. The van der Waals surface area contributed by atoms with E-state index in [1.807, 2.05) is 54.6 Å². The summed E-state index contributed by atoms with van der Waals surface area (Å²) in [4.78, 5) is 4.08. The maximum atomic E-state index is 12.0. The van der Waals surface area contributed by atoms with Gasteiger partial charge in [-0.1, -0.05) is 48.5 Å². The summed E-state index contributed by atoms with van der Waals surface area (Å²) >= 11 is 0. The summed E-state index contributed by atoms with van der Waals surface area (Å²) in [6.07, 6.45) is 0. The molecule has 0 amide bonds. The van der Waals surface area contributed by atoms with Gasteiger partial charge in [0.2, 0.25) is 10.0 Å². The molecule has 0 aliphatic heterocycles. The van der Waals surface area contributed by atoms with Gasteiger partial charge in [-0.2, -0.15) is 0 Å². The number of nitrogens with one attached hydrogen (secondary N) is 2. The summed E-state index contributed by atoms with van der Waals surface area (Å²) in [6, 6.07) is 16.9. The van der Waals surface area contributed by atoms with Crippen molar-refractivity contribution in [1.82, 2.24) is 4.72 Å². The summed E-state index contributed by atoms with van der Waals surface area (Å²) in [5.74, 6) is 0.0221. The van der Waals surface area contributed by atoms with Gasteiger partial charge in [0, 0.05) is 24.9 Å². The third-order valence-electron chi connectivity index (χ3n) is 3.56. The number of nitrogens with two attached hydrogens (primary N) is 1. The summed E-state index contributed by atoms with van der Waals surface area (Å²) in [6.45, 7) is 0.759. The highest BCUT2D eigenvalue weighted by molar-refractivity contribution is 7.89. The van der Waals surface area contributed by atoms with E-state index >= 15 is 0 Å². The van der Waals surface area contributed by atoms with Crippen LogP contribution in [0.15, 0.2) is 59.6 Å². The smallest absolute Gasteiger partial charge is 0.213 e. The van der Waals surface area contributed by atoms with E-state index in [0.717, 1.165) is 16.8 Å². The van der Waals surface area contributed by atoms with Crippen molar-refractivity contribution in [2.24, 2.45) is 10.7 Å². The first-order valence-corrected chi connectivity index (χ1v) is 9.80. The Hall–Kier alpha value is -2.42. The summed E-state index contributed by atoms with van der Waals surface area (Å²) < 4.78 is 31.7. The predicted molar refractivity (Wildman–Crippen MR) is 104 cm³/mol. The molecule has 0 spiro atoms. The van der Waals surface area contributed by atoms with Gasteiger partial charge in [-0.05, 0) is 11.6 Å². The Balaban J connectivity index is 1.85. The van der Waals surface area contributed by atoms with Crippen LogP contribution < -0.4 is 15.8 Å². The predicted octanol–water partition coefficient (Wildman–Crippen LogP) is 1.68.